The zero-order valence-electron chi connectivity index (χ0n) is 16.5. The smallest absolute Gasteiger partial charge is 0.324 e. The van der Waals surface area contributed by atoms with Crippen molar-refractivity contribution >= 4 is 6.01 Å². The number of piperidine rings is 1. The number of likely N-dealkylation sites (tertiary alicyclic amines) is 1. The molecule has 3 fully saturated rings. The SMILES string of the molecule is Cc1noc(N2CCC3(CC(N4CCC(C#N)(c5ccccc5)CC4)C3)C2)n1. The van der Waals surface area contributed by atoms with Crippen LogP contribution in [0.15, 0.2) is 34.9 Å². The third kappa shape index (κ3) is 2.89. The highest BCUT2D eigenvalue weighted by Gasteiger charge is 2.52. The Bertz CT molecular complexity index is 872. The lowest BCUT2D eigenvalue weighted by molar-refractivity contribution is -0.00228. The van der Waals surface area contributed by atoms with Gasteiger partial charge >= 0.3 is 6.01 Å². The van der Waals surface area contributed by atoms with Gasteiger partial charge in [0.1, 0.15) is 0 Å². The molecule has 1 saturated carbocycles. The largest absolute Gasteiger partial charge is 0.324 e. The van der Waals surface area contributed by atoms with Gasteiger partial charge in [-0.1, -0.05) is 35.5 Å². The molecule has 28 heavy (non-hydrogen) atoms. The van der Waals surface area contributed by atoms with E-state index in [1.807, 2.05) is 25.1 Å². The normalized spacial score (nSPS) is 29.6. The van der Waals surface area contributed by atoms with Gasteiger partial charge in [0.15, 0.2) is 5.82 Å². The molecule has 2 saturated heterocycles. The molecule has 0 bridgehead atoms. The third-order valence-corrected chi connectivity index (χ3v) is 7.27. The summed E-state index contributed by atoms with van der Waals surface area (Å²) in [5, 5.41) is 13.8. The van der Waals surface area contributed by atoms with E-state index >= 15 is 0 Å². The van der Waals surface area contributed by atoms with Crippen LogP contribution in [0, 0.1) is 23.7 Å². The Labute approximate surface area is 166 Å². The van der Waals surface area contributed by atoms with E-state index in [-0.39, 0.29) is 5.41 Å². The third-order valence-electron chi connectivity index (χ3n) is 7.27. The fraction of sp³-hybridized carbons (Fsp3) is 0.591. The van der Waals surface area contributed by atoms with Gasteiger partial charge in [0.25, 0.3) is 0 Å². The molecular formula is C22H27N5O. The summed E-state index contributed by atoms with van der Waals surface area (Å²) in [5.74, 6) is 0.704. The number of rotatable bonds is 3. The molecule has 3 aliphatic rings. The molecule has 2 aromatic rings. The Hall–Kier alpha value is -2.39. The predicted octanol–water partition coefficient (Wildman–Crippen LogP) is 3.29. The van der Waals surface area contributed by atoms with Gasteiger partial charge in [-0.2, -0.15) is 10.2 Å². The average Bonchev–Trinajstić information content (AvgIpc) is 3.34. The van der Waals surface area contributed by atoms with Crippen LogP contribution in [-0.2, 0) is 5.41 Å². The van der Waals surface area contributed by atoms with Gasteiger partial charge in [0.05, 0.1) is 11.5 Å². The summed E-state index contributed by atoms with van der Waals surface area (Å²) in [6.07, 6.45) is 5.59. The van der Waals surface area contributed by atoms with Crippen LogP contribution in [0.1, 0.15) is 43.5 Å². The molecule has 0 atom stereocenters. The Kier molecular flexibility index (Phi) is 4.17. The Balaban J connectivity index is 1.18. The molecule has 6 nitrogen and oxygen atoms in total. The minimum absolute atomic E-state index is 0.306. The first kappa shape index (κ1) is 17.7. The minimum Gasteiger partial charge on any atom is -0.324 e. The lowest BCUT2D eigenvalue weighted by Crippen LogP contribution is -2.55. The molecule has 1 aromatic heterocycles. The average molecular weight is 377 g/mol. The first-order chi connectivity index (χ1) is 13.6. The van der Waals surface area contributed by atoms with Crippen LogP contribution in [0.2, 0.25) is 0 Å². The fourth-order valence-electron chi connectivity index (χ4n) is 5.54. The maximum Gasteiger partial charge on any atom is 0.324 e. The number of aromatic nitrogens is 2. The van der Waals surface area contributed by atoms with E-state index in [9.17, 15) is 5.26 Å². The van der Waals surface area contributed by atoms with Gasteiger partial charge < -0.3 is 14.3 Å². The second kappa shape index (κ2) is 6.59. The van der Waals surface area contributed by atoms with Crippen LogP contribution >= 0.6 is 0 Å². The number of nitriles is 1. The highest BCUT2D eigenvalue weighted by atomic mass is 16.5. The molecule has 0 amide bonds. The standard InChI is InChI=1S/C22H27N5O/c1-17-24-20(28-25-17)27-10-7-21(16-27)13-19(14-21)26-11-8-22(15-23,9-12-26)18-5-3-2-4-6-18/h2-6,19H,7-14,16H2,1H3. The minimum atomic E-state index is -0.306. The maximum absolute atomic E-state index is 9.90. The Morgan fingerprint density at radius 3 is 2.50 bits per heavy atom. The molecule has 6 heteroatoms. The number of nitrogens with zero attached hydrogens (tertiary/aromatic N) is 5. The lowest BCUT2D eigenvalue weighted by atomic mass is 9.63. The van der Waals surface area contributed by atoms with Gasteiger partial charge in [-0.25, -0.2) is 0 Å². The molecule has 0 unspecified atom stereocenters. The van der Waals surface area contributed by atoms with Crippen molar-refractivity contribution in [2.45, 2.75) is 50.5 Å². The van der Waals surface area contributed by atoms with Crippen molar-refractivity contribution in [3.05, 3.63) is 41.7 Å². The summed E-state index contributed by atoms with van der Waals surface area (Å²) < 4.78 is 5.35. The maximum atomic E-state index is 9.90. The first-order valence-electron chi connectivity index (χ1n) is 10.4. The zero-order valence-corrected chi connectivity index (χ0v) is 16.5. The highest BCUT2D eigenvalue weighted by molar-refractivity contribution is 5.34. The summed E-state index contributed by atoms with van der Waals surface area (Å²) in [4.78, 5) is 9.27. The van der Waals surface area contributed by atoms with Crippen molar-refractivity contribution in [2.75, 3.05) is 31.1 Å². The monoisotopic (exact) mass is 377 g/mol. The van der Waals surface area contributed by atoms with E-state index in [4.69, 9.17) is 4.52 Å². The van der Waals surface area contributed by atoms with Crippen molar-refractivity contribution in [2.24, 2.45) is 5.41 Å². The number of benzene rings is 1. The molecule has 1 aromatic carbocycles. The number of hydrogen-bond donors (Lipinski definition) is 0. The van der Waals surface area contributed by atoms with E-state index in [2.05, 4.69) is 38.1 Å². The second-order valence-electron chi connectivity index (χ2n) is 8.95. The van der Waals surface area contributed by atoms with Crippen molar-refractivity contribution in [1.29, 1.82) is 5.26 Å². The van der Waals surface area contributed by atoms with Crippen LogP contribution in [0.4, 0.5) is 6.01 Å². The second-order valence-corrected chi connectivity index (χ2v) is 8.95. The van der Waals surface area contributed by atoms with Gasteiger partial charge in [-0.15, -0.1) is 0 Å². The molecule has 0 radical (unpaired) electrons. The molecule has 0 N–H and O–H groups in total. The summed E-state index contributed by atoms with van der Waals surface area (Å²) in [5.41, 5.74) is 1.29. The van der Waals surface area contributed by atoms with Gasteiger partial charge in [0.2, 0.25) is 0 Å². The predicted molar refractivity (Wildman–Crippen MR) is 106 cm³/mol. The molecular weight excluding hydrogens is 350 g/mol. The molecule has 146 valence electrons. The van der Waals surface area contributed by atoms with Crippen molar-refractivity contribution < 1.29 is 4.52 Å². The number of anilines is 1. The van der Waals surface area contributed by atoms with Gasteiger partial charge in [0, 0.05) is 32.2 Å². The zero-order chi connectivity index (χ0) is 19.2. The van der Waals surface area contributed by atoms with Crippen molar-refractivity contribution in [3.63, 3.8) is 0 Å². The van der Waals surface area contributed by atoms with Gasteiger partial charge in [-0.05, 0) is 50.0 Å². The van der Waals surface area contributed by atoms with Crippen LogP contribution in [0.5, 0.6) is 0 Å². The summed E-state index contributed by atoms with van der Waals surface area (Å²) in [6, 6.07) is 14.3. The molecule has 2 aliphatic heterocycles. The summed E-state index contributed by atoms with van der Waals surface area (Å²) >= 11 is 0. The first-order valence-corrected chi connectivity index (χ1v) is 10.4. The van der Waals surface area contributed by atoms with E-state index in [0.29, 0.717) is 23.3 Å². The quantitative estimate of drug-likeness (QED) is 0.817. The van der Waals surface area contributed by atoms with E-state index in [1.54, 1.807) is 0 Å². The van der Waals surface area contributed by atoms with Crippen LogP contribution in [-0.4, -0.2) is 47.3 Å². The molecule has 3 heterocycles. The highest BCUT2D eigenvalue weighted by Crippen LogP contribution is 2.51. The molecule has 1 spiro atoms. The van der Waals surface area contributed by atoms with Crippen molar-refractivity contribution in [3.8, 4) is 6.07 Å². The molecule has 5 rings (SSSR count). The fourth-order valence-corrected chi connectivity index (χ4v) is 5.54. The van der Waals surface area contributed by atoms with E-state index < -0.39 is 0 Å². The Morgan fingerprint density at radius 2 is 1.86 bits per heavy atom. The summed E-state index contributed by atoms with van der Waals surface area (Å²) in [6.45, 7) is 5.96. The van der Waals surface area contributed by atoms with Crippen LogP contribution < -0.4 is 4.90 Å². The Morgan fingerprint density at radius 1 is 1.11 bits per heavy atom. The topological polar surface area (TPSA) is 69.2 Å². The van der Waals surface area contributed by atoms with E-state index in [1.165, 1.54) is 24.8 Å². The number of hydrogen-bond acceptors (Lipinski definition) is 6. The lowest BCUT2D eigenvalue weighted by Gasteiger charge is -2.52. The summed E-state index contributed by atoms with van der Waals surface area (Å²) in [7, 11) is 0. The number of aryl methyl sites for hydroxylation is 1. The van der Waals surface area contributed by atoms with E-state index in [0.717, 1.165) is 39.0 Å². The van der Waals surface area contributed by atoms with Crippen molar-refractivity contribution in [1.82, 2.24) is 15.0 Å². The van der Waals surface area contributed by atoms with Crippen LogP contribution in [0.3, 0.4) is 0 Å². The molecule has 1 aliphatic carbocycles. The van der Waals surface area contributed by atoms with Gasteiger partial charge in [-0.3, -0.25) is 0 Å². The van der Waals surface area contributed by atoms with Crippen LogP contribution in [0.25, 0.3) is 0 Å².